The third-order valence-electron chi connectivity index (χ3n) is 7.62. The highest BCUT2D eigenvalue weighted by atomic mass is 16.3. The van der Waals surface area contributed by atoms with Crippen LogP contribution in [0.5, 0.6) is 0 Å². The molecule has 0 radical (unpaired) electrons. The molecule has 4 heterocycles. The Morgan fingerprint density at radius 2 is 2.08 bits per heavy atom. The Hall–Kier alpha value is -4.54. The first-order valence-electron chi connectivity index (χ1n) is 13.5. The summed E-state index contributed by atoms with van der Waals surface area (Å²) in [5.74, 6) is 0.273. The van der Waals surface area contributed by atoms with E-state index in [1.807, 2.05) is 53.5 Å². The van der Waals surface area contributed by atoms with Crippen molar-refractivity contribution in [3.8, 4) is 11.1 Å². The van der Waals surface area contributed by atoms with Gasteiger partial charge in [-0.25, -0.2) is 4.99 Å². The Morgan fingerprint density at radius 1 is 1.23 bits per heavy atom. The number of aromatic amines is 1. The largest absolute Gasteiger partial charge is 0.392 e. The van der Waals surface area contributed by atoms with Gasteiger partial charge < -0.3 is 26.0 Å². The van der Waals surface area contributed by atoms with E-state index in [-0.39, 0.29) is 23.7 Å². The summed E-state index contributed by atoms with van der Waals surface area (Å²) in [6.45, 7) is 1.71. The van der Waals surface area contributed by atoms with Crippen molar-refractivity contribution < 1.29 is 9.90 Å². The van der Waals surface area contributed by atoms with Crippen LogP contribution in [0.4, 0.5) is 0 Å². The van der Waals surface area contributed by atoms with Crippen LogP contribution in [0, 0.1) is 5.41 Å². The lowest BCUT2D eigenvalue weighted by Crippen LogP contribution is -2.42. The number of aliphatic hydroxyl groups is 1. The minimum Gasteiger partial charge on any atom is -0.392 e. The van der Waals surface area contributed by atoms with E-state index in [9.17, 15) is 9.90 Å². The van der Waals surface area contributed by atoms with Crippen LogP contribution in [0.25, 0.3) is 22.0 Å². The van der Waals surface area contributed by atoms with Crippen LogP contribution in [0.1, 0.15) is 35.7 Å². The molecule has 2 aromatic carbocycles. The van der Waals surface area contributed by atoms with E-state index in [4.69, 9.17) is 16.2 Å². The number of H-pyrrole nitrogens is 1. The second kappa shape index (κ2) is 10.9. The molecule has 2 unspecified atom stereocenters. The molecule has 1 fully saturated rings. The number of amides is 1. The number of rotatable bonds is 7. The molecular formula is C30H32N8O2. The predicted octanol–water partition coefficient (Wildman–Crippen LogP) is 2.94. The standard InChI is InChI=1S/C30H32N8O2/c31-18-34-29(32)28-24(21-6-7-22-17-38(36-26(22)12-21)16-19-4-2-1-3-5-19)14-25(35-28)20-8-10-37(11-9-20)30(40)27-13-23(39)15-33-27/h1-8,10,12,14,17-18,20,23,27,33,35,39H,9,11,13,15-16H2,(H3,31,32,34)/t20?,23-,27?/m0/s1. The maximum absolute atomic E-state index is 12.8. The zero-order valence-electron chi connectivity index (χ0n) is 22.0. The van der Waals surface area contributed by atoms with Crippen LogP contribution in [0.15, 0.2) is 78.1 Å². The van der Waals surface area contributed by atoms with Crippen LogP contribution in [-0.4, -0.2) is 68.1 Å². The van der Waals surface area contributed by atoms with Gasteiger partial charge in [-0.2, -0.15) is 5.10 Å². The van der Waals surface area contributed by atoms with Gasteiger partial charge in [0.05, 0.1) is 29.9 Å². The van der Waals surface area contributed by atoms with Gasteiger partial charge in [-0.05, 0) is 36.1 Å². The molecule has 204 valence electrons. The summed E-state index contributed by atoms with van der Waals surface area (Å²) < 4.78 is 1.94. The number of allylic oxidation sites excluding steroid dienone is 1. The third kappa shape index (κ3) is 5.18. The van der Waals surface area contributed by atoms with Crippen LogP contribution in [0.3, 0.4) is 0 Å². The van der Waals surface area contributed by atoms with Crippen LogP contribution in [0.2, 0.25) is 0 Å². The van der Waals surface area contributed by atoms with Crippen molar-refractivity contribution in [2.45, 2.75) is 37.5 Å². The van der Waals surface area contributed by atoms with Crippen molar-refractivity contribution in [1.82, 2.24) is 25.0 Å². The Kier molecular flexibility index (Phi) is 7.02. The average molecular weight is 537 g/mol. The molecule has 4 aromatic rings. The fourth-order valence-corrected chi connectivity index (χ4v) is 5.53. The molecule has 0 saturated carbocycles. The number of aromatic nitrogens is 3. The number of nitrogens with zero attached hydrogens (tertiary/aromatic N) is 4. The van der Waals surface area contributed by atoms with Gasteiger partial charge in [-0.1, -0.05) is 48.5 Å². The minimum atomic E-state index is -0.476. The molecule has 0 spiro atoms. The fourth-order valence-electron chi connectivity index (χ4n) is 5.53. The predicted molar refractivity (Wildman–Crippen MR) is 155 cm³/mol. The Morgan fingerprint density at radius 3 is 2.80 bits per heavy atom. The summed E-state index contributed by atoms with van der Waals surface area (Å²) >= 11 is 0. The second-order valence-corrected chi connectivity index (χ2v) is 10.4. The first-order chi connectivity index (χ1) is 19.5. The maximum atomic E-state index is 12.8. The number of nitrogens with two attached hydrogens (primary N) is 1. The van der Waals surface area contributed by atoms with Crippen LogP contribution >= 0.6 is 0 Å². The summed E-state index contributed by atoms with van der Waals surface area (Å²) in [6, 6.07) is 18.1. The first-order valence-corrected chi connectivity index (χ1v) is 13.5. The summed E-state index contributed by atoms with van der Waals surface area (Å²) in [5.41, 5.74) is 11.8. The SMILES string of the molecule is N=CN=C(N)c1[nH]c(C2C=CN(C(=O)C3C[C@H](O)CN3)CC2)cc1-c1ccc2cn(Cc3ccccc3)nc2c1. The highest BCUT2D eigenvalue weighted by Crippen LogP contribution is 2.33. The first kappa shape index (κ1) is 25.7. The molecule has 2 aliphatic rings. The number of aliphatic hydroxyl groups excluding tert-OH is 1. The fraction of sp³-hybridized carbons (Fsp3) is 0.267. The topological polar surface area (TPSA) is 148 Å². The highest BCUT2D eigenvalue weighted by molar-refractivity contribution is 6.05. The molecule has 10 nitrogen and oxygen atoms in total. The van der Waals surface area contributed by atoms with Gasteiger partial charge in [0, 0.05) is 48.0 Å². The molecule has 6 rings (SSSR count). The van der Waals surface area contributed by atoms with Crippen molar-refractivity contribution in [1.29, 1.82) is 5.41 Å². The maximum Gasteiger partial charge on any atom is 0.243 e. The second-order valence-electron chi connectivity index (χ2n) is 10.4. The molecule has 40 heavy (non-hydrogen) atoms. The van der Waals surface area contributed by atoms with Crippen LogP contribution in [-0.2, 0) is 11.3 Å². The number of aliphatic imine (C=N–C) groups is 1. The van der Waals surface area contributed by atoms with Crippen molar-refractivity contribution in [2.24, 2.45) is 10.7 Å². The number of nitrogens with one attached hydrogen (secondary N) is 3. The van der Waals surface area contributed by atoms with E-state index in [0.29, 0.717) is 31.7 Å². The quantitative estimate of drug-likeness (QED) is 0.182. The molecule has 1 amide bonds. The molecule has 0 bridgehead atoms. The average Bonchev–Trinajstić information content (AvgIpc) is 3.71. The number of β-amino-alcohol motifs (C(OH)–C–C–N with tert-alkyl or cyclic N) is 1. The van der Waals surface area contributed by atoms with E-state index in [2.05, 4.69) is 39.6 Å². The van der Waals surface area contributed by atoms with Gasteiger partial charge in [0.25, 0.3) is 0 Å². The normalized spacial score (nSPS) is 21.3. The summed E-state index contributed by atoms with van der Waals surface area (Å²) in [6.07, 6.45) is 7.54. The van der Waals surface area contributed by atoms with Crippen molar-refractivity contribution in [3.63, 3.8) is 0 Å². The number of benzene rings is 2. The van der Waals surface area contributed by atoms with E-state index >= 15 is 0 Å². The van der Waals surface area contributed by atoms with Gasteiger partial charge in [0.2, 0.25) is 5.91 Å². The summed E-state index contributed by atoms with van der Waals surface area (Å²) in [7, 11) is 0. The van der Waals surface area contributed by atoms with Crippen molar-refractivity contribution >= 4 is 29.0 Å². The van der Waals surface area contributed by atoms with Gasteiger partial charge in [0.15, 0.2) is 0 Å². The Labute approximate surface area is 231 Å². The molecule has 2 aromatic heterocycles. The summed E-state index contributed by atoms with van der Waals surface area (Å²) in [5, 5.41) is 26.1. The zero-order chi connectivity index (χ0) is 27.6. The van der Waals surface area contributed by atoms with E-state index < -0.39 is 6.10 Å². The van der Waals surface area contributed by atoms with Crippen LogP contribution < -0.4 is 11.1 Å². The molecule has 6 N–H and O–H groups in total. The van der Waals surface area contributed by atoms with Gasteiger partial charge in [0.1, 0.15) is 12.2 Å². The van der Waals surface area contributed by atoms with Crippen molar-refractivity contribution in [3.05, 3.63) is 90.0 Å². The van der Waals surface area contributed by atoms with Gasteiger partial charge >= 0.3 is 0 Å². The lowest BCUT2D eigenvalue weighted by molar-refractivity contribution is -0.130. The number of fused-ring (bicyclic) bond motifs is 1. The number of carbonyl (C=O) groups is 1. The highest BCUT2D eigenvalue weighted by Gasteiger charge is 2.32. The summed E-state index contributed by atoms with van der Waals surface area (Å²) in [4.78, 5) is 22.0. The Bertz CT molecular complexity index is 1600. The van der Waals surface area contributed by atoms with E-state index in [1.54, 1.807) is 4.90 Å². The lowest BCUT2D eigenvalue weighted by atomic mass is 9.96. The molecule has 2 aliphatic heterocycles. The minimum absolute atomic E-state index is 0.0125. The van der Waals surface area contributed by atoms with E-state index in [0.717, 1.165) is 40.5 Å². The van der Waals surface area contributed by atoms with Gasteiger partial charge in [-0.15, -0.1) is 0 Å². The number of carbonyl (C=O) groups excluding carboxylic acids is 1. The monoisotopic (exact) mass is 536 g/mol. The molecular weight excluding hydrogens is 504 g/mol. The lowest BCUT2D eigenvalue weighted by Gasteiger charge is -2.28. The zero-order valence-corrected chi connectivity index (χ0v) is 22.0. The molecule has 1 saturated heterocycles. The molecule has 0 aliphatic carbocycles. The number of hydrogen-bond acceptors (Lipinski definition) is 5. The van der Waals surface area contributed by atoms with Gasteiger partial charge in [-0.3, -0.25) is 14.9 Å². The van der Waals surface area contributed by atoms with E-state index in [1.165, 1.54) is 5.56 Å². The van der Waals surface area contributed by atoms with Crippen molar-refractivity contribution in [2.75, 3.05) is 13.1 Å². The molecule has 3 atom stereocenters. The smallest absolute Gasteiger partial charge is 0.243 e. The number of amidine groups is 1. The number of hydrogen-bond donors (Lipinski definition) is 5. The molecule has 10 heteroatoms. The Balaban J connectivity index is 1.27. The third-order valence-corrected chi connectivity index (χ3v) is 7.62.